The summed E-state index contributed by atoms with van der Waals surface area (Å²) in [6.07, 6.45) is 2.62. The first-order valence-electron chi connectivity index (χ1n) is 8.35. The summed E-state index contributed by atoms with van der Waals surface area (Å²) in [5, 5.41) is 7.15. The second-order valence-electron chi connectivity index (χ2n) is 6.25. The summed E-state index contributed by atoms with van der Waals surface area (Å²) in [4.78, 5) is 23.0. The minimum absolute atomic E-state index is 0.123. The number of morpholine rings is 1. The third-order valence-corrected chi connectivity index (χ3v) is 4.08. The highest BCUT2D eigenvalue weighted by Crippen LogP contribution is 2.21. The molecule has 3 rings (SSSR count). The predicted molar refractivity (Wildman–Crippen MR) is 88.3 cm³/mol. The number of amides is 1. The first-order chi connectivity index (χ1) is 11.6. The van der Waals surface area contributed by atoms with Gasteiger partial charge in [0.2, 0.25) is 5.91 Å². The standard InChI is InChI=1S/C17H23N5O2/c1-12(2)16-19-17(21-20-16)14-11-22(9-10-24-14)15(23)7-6-13-5-3-4-8-18-13/h3-5,8,12,14H,6-7,9-11H2,1-2H3,(H,19,20,21)/t14-/m0/s1. The minimum atomic E-state index is -0.238. The fourth-order valence-electron chi connectivity index (χ4n) is 2.67. The zero-order valence-corrected chi connectivity index (χ0v) is 14.1. The molecule has 1 amide bonds. The molecule has 128 valence electrons. The van der Waals surface area contributed by atoms with Crippen LogP contribution in [0.5, 0.6) is 0 Å². The summed E-state index contributed by atoms with van der Waals surface area (Å²) in [6, 6.07) is 5.76. The number of pyridine rings is 1. The van der Waals surface area contributed by atoms with Crippen molar-refractivity contribution in [3.63, 3.8) is 0 Å². The van der Waals surface area contributed by atoms with Gasteiger partial charge in [0, 0.05) is 30.8 Å². The van der Waals surface area contributed by atoms with Gasteiger partial charge in [-0.3, -0.25) is 14.9 Å². The van der Waals surface area contributed by atoms with E-state index in [4.69, 9.17) is 4.74 Å². The van der Waals surface area contributed by atoms with Gasteiger partial charge in [0.1, 0.15) is 6.10 Å². The maximum absolute atomic E-state index is 12.5. The predicted octanol–water partition coefficient (Wildman–Crippen LogP) is 1.86. The molecule has 0 unspecified atom stereocenters. The molecule has 1 fully saturated rings. The molecule has 3 heterocycles. The lowest BCUT2D eigenvalue weighted by atomic mass is 10.2. The molecule has 2 aromatic heterocycles. The van der Waals surface area contributed by atoms with Gasteiger partial charge in [-0.05, 0) is 18.6 Å². The lowest BCUT2D eigenvalue weighted by Crippen LogP contribution is -2.42. The third kappa shape index (κ3) is 3.97. The summed E-state index contributed by atoms with van der Waals surface area (Å²) >= 11 is 0. The van der Waals surface area contributed by atoms with Crippen LogP contribution in [0, 0.1) is 0 Å². The Morgan fingerprint density at radius 2 is 2.33 bits per heavy atom. The van der Waals surface area contributed by atoms with Crippen molar-refractivity contribution in [2.45, 2.75) is 38.7 Å². The van der Waals surface area contributed by atoms with Gasteiger partial charge in [-0.1, -0.05) is 19.9 Å². The Bertz CT molecular complexity index is 671. The van der Waals surface area contributed by atoms with Gasteiger partial charge < -0.3 is 9.64 Å². The molecule has 0 radical (unpaired) electrons. The molecular weight excluding hydrogens is 306 g/mol. The van der Waals surface area contributed by atoms with E-state index in [0.717, 1.165) is 11.5 Å². The number of rotatable bonds is 5. The van der Waals surface area contributed by atoms with E-state index in [2.05, 4.69) is 20.2 Å². The number of aromatic nitrogens is 4. The van der Waals surface area contributed by atoms with Crippen LogP contribution in [-0.4, -0.2) is 50.7 Å². The average Bonchev–Trinajstić information content (AvgIpc) is 3.11. The van der Waals surface area contributed by atoms with E-state index in [9.17, 15) is 4.79 Å². The van der Waals surface area contributed by atoms with Crippen LogP contribution in [0.4, 0.5) is 0 Å². The van der Waals surface area contributed by atoms with Crippen LogP contribution in [0.1, 0.15) is 49.6 Å². The Kier molecular flexibility index (Phi) is 5.20. The van der Waals surface area contributed by atoms with Crippen LogP contribution in [0.2, 0.25) is 0 Å². The van der Waals surface area contributed by atoms with E-state index in [0.29, 0.717) is 38.4 Å². The Balaban J connectivity index is 1.57. The summed E-state index contributed by atoms with van der Waals surface area (Å²) in [5.41, 5.74) is 0.937. The number of hydrogen-bond donors (Lipinski definition) is 1. The topological polar surface area (TPSA) is 84.0 Å². The van der Waals surface area contributed by atoms with Gasteiger partial charge in [0.25, 0.3) is 0 Å². The molecule has 7 nitrogen and oxygen atoms in total. The van der Waals surface area contributed by atoms with Crippen LogP contribution in [0.25, 0.3) is 0 Å². The number of carbonyl (C=O) groups is 1. The van der Waals surface area contributed by atoms with Crippen molar-refractivity contribution >= 4 is 5.91 Å². The number of nitrogens with one attached hydrogen (secondary N) is 1. The Labute approximate surface area is 141 Å². The minimum Gasteiger partial charge on any atom is -0.367 e. The van der Waals surface area contributed by atoms with Crippen molar-refractivity contribution in [2.24, 2.45) is 0 Å². The molecule has 0 spiro atoms. The van der Waals surface area contributed by atoms with Crippen LogP contribution in [0.15, 0.2) is 24.4 Å². The second-order valence-corrected chi connectivity index (χ2v) is 6.25. The Morgan fingerprint density at radius 3 is 3.04 bits per heavy atom. The maximum atomic E-state index is 12.5. The van der Waals surface area contributed by atoms with Crippen molar-refractivity contribution in [1.82, 2.24) is 25.1 Å². The molecule has 1 atom stereocenters. The van der Waals surface area contributed by atoms with Gasteiger partial charge in [-0.2, -0.15) is 5.10 Å². The van der Waals surface area contributed by atoms with Gasteiger partial charge in [-0.15, -0.1) is 0 Å². The summed E-state index contributed by atoms with van der Waals surface area (Å²) in [7, 11) is 0. The summed E-state index contributed by atoms with van der Waals surface area (Å²) in [5.74, 6) is 1.85. The Morgan fingerprint density at radius 1 is 1.46 bits per heavy atom. The fraction of sp³-hybridized carbons (Fsp3) is 0.529. The number of hydrogen-bond acceptors (Lipinski definition) is 5. The molecule has 1 N–H and O–H groups in total. The van der Waals surface area contributed by atoms with Gasteiger partial charge >= 0.3 is 0 Å². The van der Waals surface area contributed by atoms with Gasteiger partial charge in [-0.25, -0.2) is 4.98 Å². The van der Waals surface area contributed by atoms with Crippen LogP contribution < -0.4 is 0 Å². The zero-order chi connectivity index (χ0) is 16.9. The molecule has 24 heavy (non-hydrogen) atoms. The maximum Gasteiger partial charge on any atom is 0.223 e. The van der Waals surface area contributed by atoms with E-state index in [-0.39, 0.29) is 17.9 Å². The van der Waals surface area contributed by atoms with E-state index >= 15 is 0 Å². The lowest BCUT2D eigenvalue weighted by molar-refractivity contribution is -0.139. The van der Waals surface area contributed by atoms with E-state index in [1.165, 1.54) is 0 Å². The number of ether oxygens (including phenoxy) is 1. The highest BCUT2D eigenvalue weighted by atomic mass is 16.5. The van der Waals surface area contributed by atoms with E-state index in [1.807, 2.05) is 36.9 Å². The van der Waals surface area contributed by atoms with Crippen molar-refractivity contribution < 1.29 is 9.53 Å². The smallest absolute Gasteiger partial charge is 0.223 e. The zero-order valence-electron chi connectivity index (χ0n) is 14.1. The van der Waals surface area contributed by atoms with Crippen LogP contribution in [-0.2, 0) is 16.0 Å². The molecule has 0 aliphatic carbocycles. The fourth-order valence-corrected chi connectivity index (χ4v) is 2.67. The van der Waals surface area contributed by atoms with Gasteiger partial charge in [0.15, 0.2) is 11.6 Å². The van der Waals surface area contributed by atoms with Crippen LogP contribution >= 0.6 is 0 Å². The van der Waals surface area contributed by atoms with Gasteiger partial charge in [0.05, 0.1) is 13.2 Å². The first-order valence-corrected chi connectivity index (χ1v) is 8.35. The number of H-pyrrole nitrogens is 1. The molecule has 1 aliphatic rings. The highest BCUT2D eigenvalue weighted by molar-refractivity contribution is 5.76. The molecule has 1 aliphatic heterocycles. The largest absolute Gasteiger partial charge is 0.367 e. The normalized spacial score (nSPS) is 18.1. The second kappa shape index (κ2) is 7.53. The monoisotopic (exact) mass is 329 g/mol. The van der Waals surface area contributed by atoms with E-state index < -0.39 is 0 Å². The SMILES string of the molecule is CC(C)c1n[nH]c([C@@H]2CN(C(=O)CCc3ccccn3)CCO2)n1. The number of carbonyl (C=O) groups excluding carboxylic acids is 1. The molecule has 0 saturated carbocycles. The van der Waals surface area contributed by atoms with Crippen molar-refractivity contribution in [1.29, 1.82) is 0 Å². The molecule has 0 aromatic carbocycles. The average molecular weight is 329 g/mol. The molecule has 2 aromatic rings. The van der Waals surface area contributed by atoms with Crippen molar-refractivity contribution in [2.75, 3.05) is 19.7 Å². The number of aryl methyl sites for hydroxylation is 1. The molecule has 7 heteroatoms. The number of nitrogens with zero attached hydrogens (tertiary/aromatic N) is 4. The molecular formula is C17H23N5O2. The number of aromatic amines is 1. The van der Waals surface area contributed by atoms with E-state index in [1.54, 1.807) is 6.20 Å². The highest BCUT2D eigenvalue weighted by Gasteiger charge is 2.27. The van der Waals surface area contributed by atoms with Crippen molar-refractivity contribution in [3.8, 4) is 0 Å². The van der Waals surface area contributed by atoms with Crippen molar-refractivity contribution in [3.05, 3.63) is 41.7 Å². The summed E-state index contributed by atoms with van der Waals surface area (Å²) < 4.78 is 5.76. The van der Waals surface area contributed by atoms with Crippen LogP contribution in [0.3, 0.4) is 0 Å². The third-order valence-electron chi connectivity index (χ3n) is 4.08. The summed E-state index contributed by atoms with van der Waals surface area (Å²) in [6.45, 7) is 5.72. The molecule has 1 saturated heterocycles. The first kappa shape index (κ1) is 16.6. The Hall–Kier alpha value is -2.28. The molecule has 0 bridgehead atoms. The quantitative estimate of drug-likeness (QED) is 0.905. The lowest BCUT2D eigenvalue weighted by Gasteiger charge is -2.32.